The summed E-state index contributed by atoms with van der Waals surface area (Å²) in [5, 5.41) is 139. The number of amides is 11. The lowest BCUT2D eigenvalue weighted by Crippen LogP contribution is -2.64. The van der Waals surface area contributed by atoms with Gasteiger partial charge in [-0.15, -0.1) is 0 Å². The van der Waals surface area contributed by atoms with Crippen molar-refractivity contribution in [3.05, 3.63) is 33.1 Å². The molecule has 5 aliphatic rings. The summed E-state index contributed by atoms with van der Waals surface area (Å²) in [5.41, 5.74) is -3.08. The number of carbonyl (C=O) groups excluding carboxylic acids is 11. The Morgan fingerprint density at radius 3 is 1.14 bits per heavy atom. The van der Waals surface area contributed by atoms with Crippen molar-refractivity contribution < 1.29 is 180 Å². The molecule has 141 heavy (non-hydrogen) atoms. The average molecular weight is 2050 g/mol. The first-order valence-corrected chi connectivity index (χ1v) is 49.9. The Balaban J connectivity index is 0.996. The Morgan fingerprint density at radius 2 is 0.787 bits per heavy atom. The number of unbranched alkanes of at least 4 members (excludes halogenated alkanes) is 10. The van der Waals surface area contributed by atoms with Crippen LogP contribution in [0.5, 0.6) is 0 Å². The Morgan fingerprint density at radius 1 is 0.440 bits per heavy atom. The van der Waals surface area contributed by atoms with Crippen LogP contribution in [0.25, 0.3) is 0 Å². The van der Waals surface area contributed by atoms with E-state index in [2.05, 4.69) is 58.2 Å². The van der Waals surface area contributed by atoms with Crippen molar-refractivity contribution >= 4 is 72.8 Å². The van der Waals surface area contributed by atoms with Crippen LogP contribution in [0, 0.1) is 0 Å². The molecule has 0 radical (unpaired) electrons. The number of aromatic nitrogens is 2. The zero-order chi connectivity index (χ0) is 103. The highest BCUT2D eigenvalue weighted by molar-refractivity contribution is 7.47. The number of aliphatic hydroxyl groups excluding tert-OH is 11. The lowest BCUT2D eigenvalue weighted by Gasteiger charge is -2.42. The molecule has 0 aromatic carbocycles. The molecule has 0 aliphatic carbocycles. The van der Waals surface area contributed by atoms with Gasteiger partial charge < -0.3 is 171 Å². The number of aromatic amines is 1. The second-order valence-corrected chi connectivity index (χ2v) is 36.8. The maximum absolute atomic E-state index is 14.2. The molecule has 808 valence electrons. The summed E-state index contributed by atoms with van der Waals surface area (Å²) in [7, 11) is -3.78. The van der Waals surface area contributed by atoms with Crippen LogP contribution in [0.15, 0.2) is 21.9 Å². The molecule has 0 bridgehead atoms. The van der Waals surface area contributed by atoms with E-state index < -0.39 is 228 Å². The van der Waals surface area contributed by atoms with Crippen molar-refractivity contribution in [2.75, 3.05) is 145 Å². The molecule has 0 saturated carbocycles. The van der Waals surface area contributed by atoms with Gasteiger partial charge in [0.25, 0.3) is 5.56 Å². The standard InChI is InChI=1S/C88H152N13O39P/c1-54(106)95-72-78(122)75(119)59(46-102)137-84(72)132-38-16-13-22-63(110)89-31-19-34-92-66(113)28-41-129-51-88(52-130-42-29-67(114)93-35-20-32-90-64(111)23-14-17-39-133-85-73(96-55(2)107)79(123)76(120)60(47-103)138-85,53-131-43-30-68(115)94-36-21-33-91-65(112)24-15-18-40-134-86-74(97-56(3)108)80(124)77(121)61(48-104)139-86)99-70(117)25-11-9-7-5-6-8-10-12-26-71(118)101-45-58(109)44-57(101)50-135-141(126,127)140-81-62(49-105)136-83(82(81)128-4)100-37-27-69(116)98-87(100)125/h27,37,57-62,72-86,102-105,109,119-124H,5-26,28-36,38-53H2,1-4H3,(H,89,110)(H,90,111)(H,91,112)(H,92,113)(H,93,114)(H,94,115)(H,95,106)(H,96,107)(H,97,108)(H,99,117)(H,126,127)(H,98,116,125)/t57-,58+,59+,60+,61+,62+,72+,73+,74?,75-,76-,77-,78+,79+,80+,81+,82+,83+,84+,85+,86+/m0/s1. The van der Waals surface area contributed by atoms with Gasteiger partial charge in [-0.2, -0.15) is 0 Å². The fraction of sp³-hybridized carbons (Fsp3) is 0.830. The van der Waals surface area contributed by atoms with Crippen molar-refractivity contribution in [1.82, 2.24) is 67.6 Å². The zero-order valence-corrected chi connectivity index (χ0v) is 81.6. The van der Waals surface area contributed by atoms with Gasteiger partial charge in [-0.1, -0.05) is 38.5 Å². The molecule has 53 heteroatoms. The number of β-amino-alcohol motifs (C(OH)–C–C–N with tert-alkyl or cyclic N) is 1. The van der Waals surface area contributed by atoms with Crippen LogP contribution in [0.3, 0.4) is 0 Å². The molecule has 22 atom stereocenters. The summed E-state index contributed by atoms with van der Waals surface area (Å²) >= 11 is 0. The Bertz CT molecular complexity index is 3850. The molecular formula is C88H152N13O39P. The number of ether oxygens (including phenoxy) is 11. The highest BCUT2D eigenvalue weighted by Gasteiger charge is 2.52. The largest absolute Gasteiger partial charge is 0.472 e. The Labute approximate surface area is 817 Å². The van der Waals surface area contributed by atoms with Crippen LogP contribution in [-0.4, -0.2) is 414 Å². The molecule has 5 saturated heterocycles. The summed E-state index contributed by atoms with van der Waals surface area (Å²) < 4.78 is 88.7. The molecule has 6 rings (SSSR count). The highest BCUT2D eigenvalue weighted by Crippen LogP contribution is 2.49. The van der Waals surface area contributed by atoms with Gasteiger partial charge >= 0.3 is 13.5 Å². The number of methoxy groups -OCH3 is 1. The third-order valence-electron chi connectivity index (χ3n) is 23.8. The minimum Gasteiger partial charge on any atom is -0.394 e. The molecule has 5 fully saturated rings. The molecule has 6 heterocycles. The zero-order valence-electron chi connectivity index (χ0n) is 80.7. The fourth-order valence-electron chi connectivity index (χ4n) is 16.2. The van der Waals surface area contributed by atoms with Gasteiger partial charge in [0.15, 0.2) is 25.1 Å². The number of carbonyl (C=O) groups is 11. The number of hydrogen-bond donors (Lipinski definition) is 23. The van der Waals surface area contributed by atoms with Crippen LogP contribution in [0.1, 0.15) is 194 Å². The topological polar surface area (TPSA) is 746 Å². The maximum atomic E-state index is 14.2. The van der Waals surface area contributed by atoms with Crippen LogP contribution in [-0.2, 0) is 118 Å². The number of phosphoric ester groups is 1. The number of hydrogen-bond acceptors (Lipinski definition) is 38. The van der Waals surface area contributed by atoms with Crippen molar-refractivity contribution in [2.24, 2.45) is 0 Å². The van der Waals surface area contributed by atoms with E-state index in [-0.39, 0.29) is 187 Å². The quantitative estimate of drug-likeness (QED) is 0.0213. The molecule has 1 aromatic rings. The Hall–Kier alpha value is -7.92. The van der Waals surface area contributed by atoms with Crippen LogP contribution in [0.2, 0.25) is 0 Å². The van der Waals surface area contributed by atoms with Gasteiger partial charge in [0, 0.05) is 157 Å². The smallest absolute Gasteiger partial charge is 0.394 e. The lowest BCUT2D eigenvalue weighted by atomic mass is 9.97. The molecule has 52 nitrogen and oxygen atoms in total. The van der Waals surface area contributed by atoms with Crippen LogP contribution < -0.4 is 64.4 Å². The van der Waals surface area contributed by atoms with Gasteiger partial charge in [0.1, 0.15) is 96.9 Å². The fourth-order valence-corrected chi connectivity index (χ4v) is 17.2. The van der Waals surface area contributed by atoms with Crippen LogP contribution in [0.4, 0.5) is 0 Å². The maximum Gasteiger partial charge on any atom is 0.472 e. The molecule has 23 N–H and O–H groups in total. The van der Waals surface area contributed by atoms with Crippen molar-refractivity contribution in [2.45, 2.75) is 322 Å². The van der Waals surface area contributed by atoms with Gasteiger partial charge in [0.05, 0.1) is 84.8 Å². The summed E-state index contributed by atoms with van der Waals surface area (Å²) in [6.07, 6.45) is -12.5. The second kappa shape index (κ2) is 66.3. The minimum absolute atomic E-state index is 0.0242. The summed E-state index contributed by atoms with van der Waals surface area (Å²) in [4.78, 5) is 180. The lowest BCUT2D eigenvalue weighted by molar-refractivity contribution is -0.270. The van der Waals surface area contributed by atoms with E-state index in [1.807, 2.05) is 0 Å². The number of likely N-dealkylation sites (tertiary alicyclic amines) is 1. The molecule has 1 aromatic heterocycles. The molecule has 2 unspecified atom stereocenters. The second-order valence-electron chi connectivity index (χ2n) is 35.4. The van der Waals surface area contributed by atoms with E-state index in [1.54, 1.807) is 0 Å². The predicted molar refractivity (Wildman–Crippen MR) is 491 cm³/mol. The number of aliphatic hydroxyl groups is 11. The molecular weight excluding hydrogens is 1890 g/mol. The van der Waals surface area contributed by atoms with Gasteiger partial charge in [-0.25, -0.2) is 9.36 Å². The highest BCUT2D eigenvalue weighted by atomic mass is 31.2. The van der Waals surface area contributed by atoms with Crippen molar-refractivity contribution in [3.63, 3.8) is 0 Å². The molecule has 0 spiro atoms. The number of nitrogens with zero attached hydrogens (tertiary/aromatic N) is 2. The SMILES string of the molecule is CO[C@@H]1[C@H](OP(=O)(O)OC[C@@H]2C[C@@H](O)CN2C(=O)CCCCCCCCCCC(=O)NC(COCCC(=O)NCCCNC(=O)CCCCO[C@@H]2O[C@H](CO)[C@H](O)[C@H](O)C2NC(C)=O)(COCCC(=O)NCCCNC(=O)CCCCO[C@@H]2O[C@H](CO)[C@H](O)[C@H](O)[C@H]2NC(C)=O)COCCC(=O)NCCCNC(=O)CCCCO[C@@H]2O[C@H](CO)[C@H](O)[C@H](O)[C@H]2NC(C)=O)[C@@H](CO)O[C@H]1n1ccc(=O)[nH]c1=O. The monoisotopic (exact) mass is 2050 g/mol. The summed E-state index contributed by atoms with van der Waals surface area (Å²) in [5.74, 6) is -4.36. The third-order valence-corrected chi connectivity index (χ3v) is 24.7. The minimum atomic E-state index is -5.00. The predicted octanol–water partition coefficient (Wildman–Crippen LogP) is -6.86. The number of phosphoric acid groups is 1. The average Bonchev–Trinajstić information content (AvgIpc) is 1.74. The van der Waals surface area contributed by atoms with Crippen LogP contribution >= 0.6 is 7.82 Å². The Kier molecular flexibility index (Phi) is 57.2. The molecule has 11 amide bonds. The first-order chi connectivity index (χ1) is 67.5. The van der Waals surface area contributed by atoms with E-state index in [1.165, 1.54) is 32.8 Å². The summed E-state index contributed by atoms with van der Waals surface area (Å²) in [6.45, 7) is 0.344. The van der Waals surface area contributed by atoms with E-state index in [4.69, 9.17) is 61.2 Å². The van der Waals surface area contributed by atoms with Crippen molar-refractivity contribution in [3.8, 4) is 0 Å². The molecule has 5 aliphatic heterocycles. The number of H-pyrrole nitrogens is 1. The van der Waals surface area contributed by atoms with Gasteiger partial charge in [0.2, 0.25) is 65.0 Å². The van der Waals surface area contributed by atoms with E-state index in [9.17, 15) is 128 Å². The number of rotatable bonds is 71. The normalized spacial score (nSPS) is 26.0. The van der Waals surface area contributed by atoms with Gasteiger partial charge in [-0.05, 0) is 77.0 Å². The third kappa shape index (κ3) is 44.5. The van der Waals surface area contributed by atoms with E-state index in [0.717, 1.165) is 42.5 Å². The summed E-state index contributed by atoms with van der Waals surface area (Å²) in [6, 6.07) is -3.12. The van der Waals surface area contributed by atoms with E-state index >= 15 is 0 Å². The van der Waals surface area contributed by atoms with Crippen molar-refractivity contribution in [1.29, 1.82) is 0 Å². The first-order valence-electron chi connectivity index (χ1n) is 48.4. The van der Waals surface area contributed by atoms with Gasteiger partial charge in [-0.3, -0.25) is 76.1 Å². The number of nitrogens with one attached hydrogen (secondary N) is 11. The van der Waals surface area contributed by atoms with E-state index in [0.29, 0.717) is 83.5 Å². The first kappa shape index (κ1) is 122.